The third kappa shape index (κ3) is 3.28. The first kappa shape index (κ1) is 15.0. The minimum Gasteiger partial charge on any atom is -0.301 e. The van der Waals surface area contributed by atoms with E-state index in [4.69, 9.17) is 16.6 Å². The first-order valence-corrected chi connectivity index (χ1v) is 9.57. The van der Waals surface area contributed by atoms with Crippen molar-refractivity contribution in [3.63, 3.8) is 0 Å². The minimum absolute atomic E-state index is 0.175. The monoisotopic (exact) mass is 390 g/mol. The average Bonchev–Trinajstić information content (AvgIpc) is 2.97. The largest absolute Gasteiger partial charge is 0.301 e. The molecule has 2 heterocycles. The zero-order valence-electron chi connectivity index (χ0n) is 11.3. The molecule has 0 saturated heterocycles. The fraction of sp³-hybridized carbons (Fsp3) is 0.500. The number of rotatable bonds is 5. The Hall–Kier alpha value is 0.0600. The molecule has 0 amide bonds. The number of hydrogen-bond donors (Lipinski definition) is 1. The van der Waals surface area contributed by atoms with Crippen molar-refractivity contribution in [1.82, 2.24) is 10.3 Å². The van der Waals surface area contributed by atoms with Crippen LogP contribution in [0.3, 0.4) is 0 Å². The van der Waals surface area contributed by atoms with E-state index < -0.39 is 0 Å². The van der Waals surface area contributed by atoms with Crippen molar-refractivity contribution in [3.8, 4) is 0 Å². The van der Waals surface area contributed by atoms with E-state index in [0.717, 1.165) is 13.8 Å². The van der Waals surface area contributed by atoms with E-state index in [2.05, 4.69) is 46.5 Å². The third-order valence-electron chi connectivity index (χ3n) is 3.31. The molecule has 1 N–H and O–H groups in total. The zero-order valence-corrected chi connectivity index (χ0v) is 15.3. The van der Waals surface area contributed by atoms with Gasteiger partial charge in [0.2, 0.25) is 0 Å². The topological polar surface area (TPSA) is 24.9 Å². The quantitative estimate of drug-likeness (QED) is 0.719. The molecule has 0 aliphatic heterocycles. The Kier molecular flexibility index (Phi) is 4.53. The van der Waals surface area contributed by atoms with Crippen LogP contribution in [0.2, 0.25) is 4.34 Å². The maximum Gasteiger partial charge on any atom is 0.115 e. The van der Waals surface area contributed by atoms with Crippen LogP contribution >= 0.6 is 50.2 Å². The summed E-state index contributed by atoms with van der Waals surface area (Å²) >= 11 is 13.1. The predicted octanol–water partition coefficient (Wildman–Crippen LogP) is 5.59. The summed E-state index contributed by atoms with van der Waals surface area (Å²) in [5, 5.41) is 7.01. The van der Waals surface area contributed by atoms with Gasteiger partial charge in [0.05, 0.1) is 11.7 Å². The van der Waals surface area contributed by atoms with Crippen molar-refractivity contribution in [2.24, 2.45) is 0 Å². The molecule has 1 saturated carbocycles. The Balaban J connectivity index is 1.91. The highest BCUT2D eigenvalue weighted by molar-refractivity contribution is 9.10. The molecule has 0 aromatic carbocycles. The normalized spacial score (nSPS) is 16.9. The Morgan fingerprint density at radius 1 is 1.45 bits per heavy atom. The molecule has 0 spiro atoms. The molecule has 2 aromatic rings. The summed E-state index contributed by atoms with van der Waals surface area (Å²) in [6.45, 7) is 4.36. The van der Waals surface area contributed by atoms with Crippen LogP contribution in [0.25, 0.3) is 0 Å². The molecule has 2 nitrogen and oxygen atoms in total. The molecule has 20 heavy (non-hydrogen) atoms. The molecule has 1 aliphatic rings. The van der Waals surface area contributed by atoms with Gasteiger partial charge in [0, 0.05) is 20.8 Å². The maximum atomic E-state index is 6.20. The number of nitrogens with one attached hydrogen (secondary N) is 1. The van der Waals surface area contributed by atoms with Crippen molar-refractivity contribution in [3.05, 3.63) is 35.8 Å². The number of aromatic nitrogens is 1. The van der Waals surface area contributed by atoms with Crippen molar-refractivity contribution in [2.45, 2.75) is 44.7 Å². The summed E-state index contributed by atoms with van der Waals surface area (Å²) in [5.74, 6) is 0.472. The van der Waals surface area contributed by atoms with E-state index in [1.807, 2.05) is 0 Å². The number of hydrogen-bond acceptors (Lipinski definition) is 4. The van der Waals surface area contributed by atoms with Gasteiger partial charge in [-0.3, -0.25) is 0 Å². The van der Waals surface area contributed by atoms with Crippen LogP contribution in [0.5, 0.6) is 0 Å². The maximum absolute atomic E-state index is 6.20. The highest BCUT2D eigenvalue weighted by Crippen LogP contribution is 2.39. The van der Waals surface area contributed by atoms with Crippen LogP contribution in [0.15, 0.2) is 15.9 Å². The molecular weight excluding hydrogens is 376 g/mol. The summed E-state index contributed by atoms with van der Waals surface area (Å²) < 4.78 is 1.78. The molecule has 1 fully saturated rings. The van der Waals surface area contributed by atoms with Crippen molar-refractivity contribution >= 4 is 50.2 Å². The molecule has 6 heteroatoms. The van der Waals surface area contributed by atoms with E-state index in [-0.39, 0.29) is 6.04 Å². The second-order valence-electron chi connectivity index (χ2n) is 5.41. The van der Waals surface area contributed by atoms with Gasteiger partial charge in [-0.1, -0.05) is 25.4 Å². The average molecular weight is 392 g/mol. The first-order valence-electron chi connectivity index (χ1n) is 6.70. The van der Waals surface area contributed by atoms with E-state index >= 15 is 0 Å². The van der Waals surface area contributed by atoms with Crippen molar-refractivity contribution < 1.29 is 0 Å². The van der Waals surface area contributed by atoms with Crippen molar-refractivity contribution in [2.75, 3.05) is 0 Å². The van der Waals surface area contributed by atoms with Gasteiger partial charge in [-0.05, 0) is 40.8 Å². The molecular formula is C14H16BrClN2S2. The highest BCUT2D eigenvalue weighted by Gasteiger charge is 2.29. The summed E-state index contributed by atoms with van der Waals surface area (Å²) in [6, 6.07) is 2.92. The van der Waals surface area contributed by atoms with E-state index in [1.165, 1.54) is 23.4 Å². The minimum atomic E-state index is 0.175. The van der Waals surface area contributed by atoms with Gasteiger partial charge < -0.3 is 5.32 Å². The summed E-state index contributed by atoms with van der Waals surface area (Å²) in [6.07, 6.45) is 2.53. The van der Waals surface area contributed by atoms with Gasteiger partial charge in [-0.2, -0.15) is 0 Å². The van der Waals surface area contributed by atoms with Gasteiger partial charge in [0.1, 0.15) is 9.34 Å². The van der Waals surface area contributed by atoms with Crippen LogP contribution in [0, 0.1) is 0 Å². The SMILES string of the molecule is CC(C)c1csc(C(NC2CC2)c2cc(Br)c(Cl)s2)n1. The standard InChI is InChI=1S/C14H16BrClN2S2/c1-7(2)10-6-19-14(18-10)12(17-8-3-4-8)11-5-9(15)13(16)20-11/h5-8,12,17H,3-4H2,1-2H3. The van der Waals surface area contributed by atoms with Crippen LogP contribution in [-0.2, 0) is 0 Å². The second-order valence-corrected chi connectivity index (χ2v) is 8.84. The zero-order chi connectivity index (χ0) is 14.3. The molecule has 1 unspecified atom stereocenters. The van der Waals surface area contributed by atoms with Gasteiger partial charge in [-0.25, -0.2) is 4.98 Å². The Morgan fingerprint density at radius 2 is 2.20 bits per heavy atom. The van der Waals surface area contributed by atoms with Gasteiger partial charge in [-0.15, -0.1) is 22.7 Å². The lowest BCUT2D eigenvalue weighted by molar-refractivity contribution is 0.603. The summed E-state index contributed by atoms with van der Waals surface area (Å²) in [4.78, 5) is 6.05. The second kappa shape index (κ2) is 6.05. The number of halogens is 2. The Bertz CT molecular complexity index is 585. The number of nitrogens with zero attached hydrogens (tertiary/aromatic N) is 1. The molecule has 3 rings (SSSR count). The fourth-order valence-electron chi connectivity index (χ4n) is 1.96. The van der Waals surface area contributed by atoms with Gasteiger partial charge in [0.15, 0.2) is 0 Å². The van der Waals surface area contributed by atoms with E-state index in [0.29, 0.717) is 12.0 Å². The lowest BCUT2D eigenvalue weighted by Gasteiger charge is -2.14. The smallest absolute Gasteiger partial charge is 0.115 e. The molecule has 0 radical (unpaired) electrons. The summed E-state index contributed by atoms with van der Waals surface area (Å²) in [7, 11) is 0. The van der Waals surface area contributed by atoms with E-state index in [9.17, 15) is 0 Å². The lowest BCUT2D eigenvalue weighted by atomic mass is 10.1. The number of thiophene rings is 1. The third-order valence-corrected chi connectivity index (χ3v) is 6.77. The predicted molar refractivity (Wildman–Crippen MR) is 91.2 cm³/mol. The Labute approximate surface area is 140 Å². The summed E-state index contributed by atoms with van der Waals surface area (Å²) in [5.41, 5.74) is 1.18. The lowest BCUT2D eigenvalue weighted by Crippen LogP contribution is -2.23. The van der Waals surface area contributed by atoms with Crippen molar-refractivity contribution in [1.29, 1.82) is 0 Å². The molecule has 1 aliphatic carbocycles. The molecule has 2 aromatic heterocycles. The number of thiazole rings is 1. The van der Waals surface area contributed by atoms with Gasteiger partial charge in [0.25, 0.3) is 0 Å². The molecule has 1 atom stereocenters. The van der Waals surface area contributed by atoms with Crippen LogP contribution < -0.4 is 5.32 Å². The van der Waals surface area contributed by atoms with Crippen LogP contribution in [0.4, 0.5) is 0 Å². The molecule has 0 bridgehead atoms. The molecule has 108 valence electrons. The van der Waals surface area contributed by atoms with Gasteiger partial charge >= 0.3 is 0 Å². The fourth-order valence-corrected chi connectivity index (χ4v) is 4.90. The first-order chi connectivity index (χ1) is 9.54. The highest BCUT2D eigenvalue weighted by atomic mass is 79.9. The van der Waals surface area contributed by atoms with Crippen LogP contribution in [-0.4, -0.2) is 11.0 Å². The Morgan fingerprint density at radius 3 is 2.70 bits per heavy atom. The van der Waals surface area contributed by atoms with E-state index in [1.54, 1.807) is 22.7 Å². The van der Waals surface area contributed by atoms with Crippen LogP contribution in [0.1, 0.15) is 54.2 Å².